The van der Waals surface area contributed by atoms with Gasteiger partial charge in [-0.1, -0.05) is 0 Å². The van der Waals surface area contributed by atoms with E-state index in [4.69, 9.17) is 5.73 Å². The number of nitrogens with two attached hydrogens (primary N) is 1. The lowest BCUT2D eigenvalue weighted by molar-refractivity contribution is 0.185. The van der Waals surface area contributed by atoms with Crippen molar-refractivity contribution in [3.05, 3.63) is 42.0 Å². The molecule has 6 nitrogen and oxygen atoms in total. The molecule has 0 aliphatic heterocycles. The normalized spacial score (nSPS) is 12.9. The second-order valence-electron chi connectivity index (χ2n) is 5.00. The van der Waals surface area contributed by atoms with Crippen LogP contribution in [0.1, 0.15) is 24.4 Å². The van der Waals surface area contributed by atoms with Crippen LogP contribution in [0.2, 0.25) is 0 Å². The molecular formula is C14H17N5O. The van der Waals surface area contributed by atoms with Crippen LogP contribution in [-0.4, -0.2) is 24.4 Å². The van der Waals surface area contributed by atoms with E-state index < -0.39 is 6.10 Å². The lowest BCUT2D eigenvalue weighted by atomic mass is 10.2. The van der Waals surface area contributed by atoms with Gasteiger partial charge in [-0.05, 0) is 25.1 Å². The Labute approximate surface area is 116 Å². The Morgan fingerprint density at radius 2 is 2.20 bits per heavy atom. The highest BCUT2D eigenvalue weighted by Crippen LogP contribution is 2.23. The van der Waals surface area contributed by atoms with E-state index in [2.05, 4.69) is 10.1 Å². The molecule has 3 rings (SSSR count). The first-order chi connectivity index (χ1) is 9.54. The summed E-state index contributed by atoms with van der Waals surface area (Å²) in [5, 5.41) is 14.1. The molecule has 104 valence electrons. The van der Waals surface area contributed by atoms with Gasteiger partial charge in [-0.25, -0.2) is 4.98 Å². The average molecular weight is 271 g/mol. The van der Waals surface area contributed by atoms with Crippen molar-refractivity contribution in [2.24, 2.45) is 7.05 Å². The number of aliphatic hydroxyl groups excluding tert-OH is 1. The minimum atomic E-state index is -0.639. The number of imidazole rings is 1. The molecule has 1 unspecified atom stereocenters. The standard InChI is InChI=1S/C14H17N5O/c1-9(20)14-17-12-5-11(15)3-4-13(12)19(14)8-10-6-16-18(2)7-10/h3-7,9,20H,8,15H2,1-2H3. The molecule has 2 heterocycles. The van der Waals surface area contributed by atoms with E-state index >= 15 is 0 Å². The highest BCUT2D eigenvalue weighted by Gasteiger charge is 2.15. The Morgan fingerprint density at radius 3 is 2.85 bits per heavy atom. The lowest BCUT2D eigenvalue weighted by Gasteiger charge is -2.09. The molecule has 3 N–H and O–H groups in total. The molecule has 0 aliphatic rings. The third-order valence-electron chi connectivity index (χ3n) is 3.27. The van der Waals surface area contributed by atoms with Gasteiger partial charge >= 0.3 is 0 Å². The van der Waals surface area contributed by atoms with Gasteiger partial charge < -0.3 is 15.4 Å². The second-order valence-corrected chi connectivity index (χ2v) is 5.00. The largest absolute Gasteiger partial charge is 0.399 e. The zero-order valence-corrected chi connectivity index (χ0v) is 11.5. The van der Waals surface area contributed by atoms with Crippen LogP contribution in [0.3, 0.4) is 0 Å². The van der Waals surface area contributed by atoms with Crippen molar-refractivity contribution in [2.45, 2.75) is 19.6 Å². The average Bonchev–Trinajstić information content (AvgIpc) is 2.94. The summed E-state index contributed by atoms with van der Waals surface area (Å²) in [6, 6.07) is 5.59. The smallest absolute Gasteiger partial charge is 0.138 e. The van der Waals surface area contributed by atoms with Crippen molar-refractivity contribution >= 4 is 16.7 Å². The van der Waals surface area contributed by atoms with Crippen LogP contribution in [0.5, 0.6) is 0 Å². The molecule has 3 aromatic rings. The predicted octanol–water partition coefficient (Wildman–Crippen LogP) is 1.45. The fourth-order valence-electron chi connectivity index (χ4n) is 2.39. The molecule has 1 aromatic carbocycles. The summed E-state index contributed by atoms with van der Waals surface area (Å²) in [6.45, 7) is 2.33. The van der Waals surface area contributed by atoms with Crippen LogP contribution in [0, 0.1) is 0 Å². The second kappa shape index (κ2) is 4.64. The molecule has 6 heteroatoms. The minimum absolute atomic E-state index is 0.620. The third kappa shape index (κ3) is 2.14. The van der Waals surface area contributed by atoms with E-state index in [1.54, 1.807) is 11.6 Å². The van der Waals surface area contributed by atoms with Crippen molar-refractivity contribution in [1.29, 1.82) is 0 Å². The number of benzene rings is 1. The number of aromatic nitrogens is 4. The summed E-state index contributed by atoms with van der Waals surface area (Å²) in [5.74, 6) is 0.634. The number of nitrogens with zero attached hydrogens (tertiary/aromatic N) is 4. The van der Waals surface area contributed by atoms with E-state index in [-0.39, 0.29) is 0 Å². The number of aliphatic hydroxyl groups is 1. The Morgan fingerprint density at radius 1 is 1.40 bits per heavy atom. The first-order valence-corrected chi connectivity index (χ1v) is 6.46. The Bertz CT molecular complexity index is 756. The van der Waals surface area contributed by atoms with Crippen LogP contribution in [0.4, 0.5) is 5.69 Å². The first kappa shape index (κ1) is 12.7. The van der Waals surface area contributed by atoms with Crippen LogP contribution >= 0.6 is 0 Å². The Kier molecular flexibility index (Phi) is 2.94. The summed E-state index contributed by atoms with van der Waals surface area (Å²) >= 11 is 0. The van der Waals surface area contributed by atoms with Gasteiger partial charge in [0.1, 0.15) is 11.9 Å². The number of anilines is 1. The monoisotopic (exact) mass is 271 g/mol. The Balaban J connectivity index is 2.13. The van der Waals surface area contributed by atoms with Gasteiger partial charge in [0.05, 0.1) is 23.8 Å². The fourth-order valence-corrected chi connectivity index (χ4v) is 2.39. The molecule has 0 saturated heterocycles. The van der Waals surface area contributed by atoms with E-state index in [0.29, 0.717) is 18.1 Å². The molecule has 20 heavy (non-hydrogen) atoms. The minimum Gasteiger partial charge on any atom is -0.399 e. The predicted molar refractivity (Wildman–Crippen MR) is 77.1 cm³/mol. The molecule has 0 bridgehead atoms. The quantitative estimate of drug-likeness (QED) is 0.706. The van der Waals surface area contributed by atoms with Crippen molar-refractivity contribution in [3.8, 4) is 0 Å². The van der Waals surface area contributed by atoms with Crippen molar-refractivity contribution in [2.75, 3.05) is 5.73 Å². The van der Waals surface area contributed by atoms with E-state index in [0.717, 1.165) is 16.6 Å². The van der Waals surface area contributed by atoms with Crippen molar-refractivity contribution in [1.82, 2.24) is 19.3 Å². The van der Waals surface area contributed by atoms with Gasteiger partial charge in [-0.15, -0.1) is 0 Å². The maximum Gasteiger partial charge on any atom is 0.138 e. The van der Waals surface area contributed by atoms with Crippen LogP contribution in [0.25, 0.3) is 11.0 Å². The number of nitrogen functional groups attached to an aromatic ring is 1. The third-order valence-corrected chi connectivity index (χ3v) is 3.27. The number of hydrogen-bond donors (Lipinski definition) is 2. The van der Waals surface area contributed by atoms with Crippen LogP contribution in [0.15, 0.2) is 30.6 Å². The molecule has 0 amide bonds. The zero-order valence-electron chi connectivity index (χ0n) is 11.5. The van der Waals surface area contributed by atoms with Crippen LogP contribution < -0.4 is 5.73 Å². The van der Waals surface area contributed by atoms with Gasteiger partial charge in [0, 0.05) is 24.5 Å². The molecule has 2 aromatic heterocycles. The van der Waals surface area contributed by atoms with Gasteiger partial charge in [0.15, 0.2) is 0 Å². The first-order valence-electron chi connectivity index (χ1n) is 6.46. The molecule has 1 atom stereocenters. The van der Waals surface area contributed by atoms with E-state index in [9.17, 15) is 5.11 Å². The molecule has 0 spiro atoms. The molecular weight excluding hydrogens is 254 g/mol. The highest BCUT2D eigenvalue weighted by molar-refractivity contribution is 5.79. The van der Waals surface area contributed by atoms with Crippen molar-refractivity contribution in [3.63, 3.8) is 0 Å². The summed E-state index contributed by atoms with van der Waals surface area (Å²) in [7, 11) is 1.88. The maximum atomic E-state index is 9.92. The Hall–Kier alpha value is -2.34. The summed E-state index contributed by atoms with van der Waals surface area (Å²) < 4.78 is 3.75. The van der Waals surface area contributed by atoms with Crippen LogP contribution in [-0.2, 0) is 13.6 Å². The SMILES string of the molecule is CC(O)c1nc2cc(N)ccc2n1Cc1cnn(C)c1. The van der Waals surface area contributed by atoms with E-state index in [1.807, 2.05) is 42.2 Å². The fraction of sp³-hybridized carbons (Fsp3) is 0.286. The summed E-state index contributed by atoms with van der Waals surface area (Å²) in [5.41, 5.74) is 9.27. The van der Waals surface area contributed by atoms with Gasteiger partial charge in [0.2, 0.25) is 0 Å². The molecule has 0 fully saturated rings. The maximum absolute atomic E-state index is 9.92. The summed E-state index contributed by atoms with van der Waals surface area (Å²) in [6.07, 6.45) is 3.13. The zero-order chi connectivity index (χ0) is 14.3. The summed E-state index contributed by atoms with van der Waals surface area (Å²) in [4.78, 5) is 4.48. The lowest BCUT2D eigenvalue weighted by Crippen LogP contribution is -2.07. The van der Waals surface area contributed by atoms with Gasteiger partial charge in [-0.2, -0.15) is 5.10 Å². The highest BCUT2D eigenvalue weighted by atomic mass is 16.3. The number of fused-ring (bicyclic) bond motifs is 1. The van der Waals surface area contributed by atoms with Gasteiger partial charge in [-0.3, -0.25) is 4.68 Å². The molecule has 0 radical (unpaired) electrons. The number of rotatable bonds is 3. The van der Waals surface area contributed by atoms with E-state index in [1.165, 1.54) is 0 Å². The number of hydrogen-bond acceptors (Lipinski definition) is 4. The molecule has 0 aliphatic carbocycles. The topological polar surface area (TPSA) is 81.9 Å². The number of aryl methyl sites for hydroxylation is 1. The molecule has 0 saturated carbocycles. The van der Waals surface area contributed by atoms with Crippen molar-refractivity contribution < 1.29 is 5.11 Å². The van der Waals surface area contributed by atoms with Gasteiger partial charge in [0.25, 0.3) is 0 Å².